The number of ether oxygens (including phenoxy) is 2. The Hall–Kier alpha value is -2.11. The standard InChI is InChI=1S/C26H45NO5/c1-4-5-6-7-8-9-10-11-12-13-14-15-16-17-18-19-26(30)27(20-22-31-24(2)28)21-23-32-25(3)29/h8-9,11-12H,4-7,10,13-23H2,1-3H3/b9-8-,12-11-. The van der Waals surface area contributed by atoms with Crippen molar-refractivity contribution in [1.82, 2.24) is 4.90 Å². The fraction of sp³-hybridized carbons (Fsp3) is 0.731. The third-order valence-electron chi connectivity index (χ3n) is 5.03. The van der Waals surface area contributed by atoms with Crippen molar-refractivity contribution in [2.75, 3.05) is 26.3 Å². The second-order valence-corrected chi connectivity index (χ2v) is 8.04. The van der Waals surface area contributed by atoms with Crippen LogP contribution in [0.5, 0.6) is 0 Å². The van der Waals surface area contributed by atoms with Crippen LogP contribution in [0.3, 0.4) is 0 Å². The maximum atomic E-state index is 12.5. The van der Waals surface area contributed by atoms with Gasteiger partial charge in [0.15, 0.2) is 0 Å². The van der Waals surface area contributed by atoms with Gasteiger partial charge in [0.05, 0.1) is 13.1 Å². The zero-order valence-corrected chi connectivity index (χ0v) is 20.6. The highest BCUT2D eigenvalue weighted by Gasteiger charge is 2.14. The van der Waals surface area contributed by atoms with Gasteiger partial charge in [0, 0.05) is 20.3 Å². The minimum Gasteiger partial charge on any atom is -0.464 e. The highest BCUT2D eigenvalue weighted by atomic mass is 16.5. The quantitative estimate of drug-likeness (QED) is 0.134. The summed E-state index contributed by atoms with van der Waals surface area (Å²) >= 11 is 0. The van der Waals surface area contributed by atoms with E-state index >= 15 is 0 Å². The summed E-state index contributed by atoms with van der Waals surface area (Å²) < 4.78 is 9.86. The average molecular weight is 452 g/mol. The molecule has 0 unspecified atom stereocenters. The van der Waals surface area contributed by atoms with E-state index in [9.17, 15) is 14.4 Å². The van der Waals surface area contributed by atoms with Crippen LogP contribution in [-0.4, -0.2) is 49.0 Å². The molecule has 0 rings (SSSR count). The summed E-state index contributed by atoms with van der Waals surface area (Å²) in [7, 11) is 0. The fourth-order valence-corrected chi connectivity index (χ4v) is 3.21. The Bertz CT molecular complexity index is 536. The second kappa shape index (κ2) is 22.1. The van der Waals surface area contributed by atoms with Gasteiger partial charge < -0.3 is 14.4 Å². The Kier molecular flexibility index (Phi) is 20.6. The van der Waals surface area contributed by atoms with Gasteiger partial charge in [-0.25, -0.2) is 0 Å². The largest absolute Gasteiger partial charge is 0.464 e. The number of hydrogen-bond acceptors (Lipinski definition) is 5. The van der Waals surface area contributed by atoms with Gasteiger partial charge in [-0.2, -0.15) is 0 Å². The molecule has 0 aliphatic heterocycles. The van der Waals surface area contributed by atoms with Gasteiger partial charge >= 0.3 is 11.9 Å². The average Bonchev–Trinajstić information content (AvgIpc) is 2.74. The molecule has 6 nitrogen and oxygen atoms in total. The van der Waals surface area contributed by atoms with Gasteiger partial charge in [-0.1, -0.05) is 63.3 Å². The van der Waals surface area contributed by atoms with Gasteiger partial charge in [-0.05, 0) is 38.5 Å². The minimum absolute atomic E-state index is 0.00925. The summed E-state index contributed by atoms with van der Waals surface area (Å²) in [6, 6.07) is 0. The van der Waals surface area contributed by atoms with Gasteiger partial charge in [0.1, 0.15) is 13.2 Å². The molecule has 0 bridgehead atoms. The van der Waals surface area contributed by atoms with E-state index in [1.165, 1.54) is 52.4 Å². The molecule has 6 heteroatoms. The van der Waals surface area contributed by atoms with Crippen molar-refractivity contribution in [1.29, 1.82) is 0 Å². The lowest BCUT2D eigenvalue weighted by molar-refractivity contribution is -0.145. The van der Waals surface area contributed by atoms with Gasteiger partial charge in [0.2, 0.25) is 5.91 Å². The van der Waals surface area contributed by atoms with Crippen molar-refractivity contribution >= 4 is 17.8 Å². The van der Waals surface area contributed by atoms with E-state index < -0.39 is 0 Å². The molecule has 0 spiro atoms. The summed E-state index contributed by atoms with van der Waals surface area (Å²) in [5, 5.41) is 0. The van der Waals surface area contributed by atoms with Crippen molar-refractivity contribution in [2.24, 2.45) is 0 Å². The van der Waals surface area contributed by atoms with E-state index in [1.807, 2.05) is 0 Å². The van der Waals surface area contributed by atoms with Crippen molar-refractivity contribution < 1.29 is 23.9 Å². The Morgan fingerprint density at radius 3 is 1.72 bits per heavy atom. The molecule has 0 saturated heterocycles. The predicted molar refractivity (Wildman–Crippen MR) is 129 cm³/mol. The first-order chi connectivity index (χ1) is 15.5. The van der Waals surface area contributed by atoms with E-state index in [0.29, 0.717) is 19.5 Å². The van der Waals surface area contributed by atoms with E-state index in [-0.39, 0.29) is 31.1 Å². The van der Waals surface area contributed by atoms with Crippen molar-refractivity contribution in [3.05, 3.63) is 24.3 Å². The third kappa shape index (κ3) is 21.1. The molecule has 0 radical (unpaired) electrons. The molecule has 0 aliphatic rings. The topological polar surface area (TPSA) is 72.9 Å². The highest BCUT2D eigenvalue weighted by Crippen LogP contribution is 2.09. The fourth-order valence-electron chi connectivity index (χ4n) is 3.21. The molecule has 0 fully saturated rings. The lowest BCUT2D eigenvalue weighted by Crippen LogP contribution is -2.37. The predicted octanol–water partition coefficient (Wildman–Crippen LogP) is 5.75. The molecule has 1 amide bonds. The number of nitrogens with zero attached hydrogens (tertiary/aromatic N) is 1. The van der Waals surface area contributed by atoms with E-state index in [4.69, 9.17) is 9.47 Å². The smallest absolute Gasteiger partial charge is 0.302 e. The SMILES string of the molecule is CCCCC/C=C\C/C=C\CCCCCCCC(=O)N(CCOC(C)=O)CCOC(C)=O. The van der Waals surface area contributed by atoms with E-state index in [0.717, 1.165) is 32.1 Å². The monoisotopic (exact) mass is 451 g/mol. The maximum absolute atomic E-state index is 12.5. The number of carbonyl (C=O) groups excluding carboxylic acids is 3. The number of hydrogen-bond donors (Lipinski definition) is 0. The molecule has 184 valence electrons. The Morgan fingerprint density at radius 1 is 0.688 bits per heavy atom. The molecular weight excluding hydrogens is 406 g/mol. The number of esters is 2. The van der Waals surface area contributed by atoms with Crippen LogP contribution in [0.15, 0.2) is 24.3 Å². The normalized spacial score (nSPS) is 11.2. The van der Waals surface area contributed by atoms with Crippen LogP contribution in [0.25, 0.3) is 0 Å². The second-order valence-electron chi connectivity index (χ2n) is 8.04. The lowest BCUT2D eigenvalue weighted by Gasteiger charge is -2.22. The lowest BCUT2D eigenvalue weighted by atomic mass is 10.1. The molecule has 0 atom stereocenters. The molecule has 0 heterocycles. The summed E-state index contributed by atoms with van der Waals surface area (Å²) in [4.78, 5) is 35.9. The summed E-state index contributed by atoms with van der Waals surface area (Å²) in [5.74, 6) is -0.729. The zero-order valence-electron chi connectivity index (χ0n) is 20.6. The van der Waals surface area contributed by atoms with Crippen molar-refractivity contribution in [3.63, 3.8) is 0 Å². The van der Waals surface area contributed by atoms with Crippen LogP contribution in [0.1, 0.15) is 97.8 Å². The van der Waals surface area contributed by atoms with Crippen LogP contribution in [0, 0.1) is 0 Å². The summed E-state index contributed by atoms with van der Waals surface area (Å²) in [5.41, 5.74) is 0. The van der Waals surface area contributed by atoms with Crippen LogP contribution in [0.4, 0.5) is 0 Å². The van der Waals surface area contributed by atoms with Crippen LogP contribution in [-0.2, 0) is 23.9 Å². The van der Waals surface area contributed by atoms with Gasteiger partial charge in [-0.3, -0.25) is 14.4 Å². The number of unbranched alkanes of at least 4 members (excludes halogenated alkanes) is 8. The molecule has 0 aromatic heterocycles. The summed E-state index contributed by atoms with van der Waals surface area (Å²) in [6.45, 7) is 5.86. The number of allylic oxidation sites excluding steroid dienone is 4. The van der Waals surface area contributed by atoms with Gasteiger partial charge in [-0.15, -0.1) is 0 Å². The van der Waals surface area contributed by atoms with Crippen LogP contribution < -0.4 is 0 Å². The van der Waals surface area contributed by atoms with Crippen LogP contribution >= 0.6 is 0 Å². The first-order valence-corrected chi connectivity index (χ1v) is 12.3. The van der Waals surface area contributed by atoms with Crippen molar-refractivity contribution in [2.45, 2.75) is 97.8 Å². The van der Waals surface area contributed by atoms with E-state index in [1.54, 1.807) is 4.90 Å². The third-order valence-corrected chi connectivity index (χ3v) is 5.03. The Morgan fingerprint density at radius 2 is 1.19 bits per heavy atom. The van der Waals surface area contributed by atoms with E-state index in [2.05, 4.69) is 31.2 Å². The minimum atomic E-state index is -0.369. The number of rotatable bonds is 20. The highest BCUT2D eigenvalue weighted by molar-refractivity contribution is 5.76. The van der Waals surface area contributed by atoms with Crippen LogP contribution in [0.2, 0.25) is 0 Å². The molecule has 0 saturated carbocycles. The number of amides is 1. The Balaban J connectivity index is 3.85. The number of carbonyl (C=O) groups is 3. The zero-order chi connectivity index (χ0) is 23.9. The first-order valence-electron chi connectivity index (χ1n) is 12.3. The Labute approximate surface area is 195 Å². The maximum Gasteiger partial charge on any atom is 0.302 e. The molecule has 0 N–H and O–H groups in total. The first kappa shape index (κ1) is 29.9. The summed E-state index contributed by atoms with van der Waals surface area (Å²) in [6.07, 6.45) is 22.1. The van der Waals surface area contributed by atoms with Crippen molar-refractivity contribution in [3.8, 4) is 0 Å². The molecule has 0 aliphatic carbocycles. The molecule has 0 aromatic carbocycles. The van der Waals surface area contributed by atoms with Gasteiger partial charge in [0.25, 0.3) is 0 Å². The molecule has 32 heavy (non-hydrogen) atoms. The molecule has 0 aromatic rings. The molecular formula is C26H45NO5.